The van der Waals surface area contributed by atoms with Gasteiger partial charge in [-0.05, 0) is 22.4 Å². The average Bonchev–Trinajstić information content (AvgIpc) is 2.36. The molecule has 2 rings (SSSR count). The minimum Gasteiger partial charge on any atom is -0.334 e. The van der Waals surface area contributed by atoms with E-state index in [9.17, 15) is 18.0 Å². The summed E-state index contributed by atoms with van der Waals surface area (Å²) in [5.41, 5.74) is 0.666. The van der Waals surface area contributed by atoms with Gasteiger partial charge in [0.05, 0.1) is 0 Å². The first kappa shape index (κ1) is 13.4. The fraction of sp³-hybridized carbons (Fsp3) is 0.214. The van der Waals surface area contributed by atoms with E-state index in [-0.39, 0.29) is 6.54 Å². The highest BCUT2D eigenvalue weighted by Gasteiger charge is 2.41. The summed E-state index contributed by atoms with van der Waals surface area (Å²) in [6, 6.07) is 12.9. The molecule has 2 aromatic rings. The van der Waals surface area contributed by atoms with Gasteiger partial charge in [0.2, 0.25) is 0 Å². The van der Waals surface area contributed by atoms with E-state index in [1.165, 1.54) is 0 Å². The monoisotopic (exact) mass is 267 g/mol. The Kier molecular flexibility index (Phi) is 3.46. The second-order valence-corrected chi connectivity index (χ2v) is 4.34. The van der Waals surface area contributed by atoms with Crippen molar-refractivity contribution < 1.29 is 18.0 Å². The molecule has 0 aliphatic carbocycles. The molecule has 0 spiro atoms. The van der Waals surface area contributed by atoms with Crippen LogP contribution in [0.1, 0.15) is 5.56 Å². The molecule has 0 atom stereocenters. The van der Waals surface area contributed by atoms with Gasteiger partial charge in [0.25, 0.3) is 0 Å². The maximum atomic E-state index is 12.3. The molecule has 0 bridgehead atoms. The second-order valence-electron chi connectivity index (χ2n) is 4.34. The van der Waals surface area contributed by atoms with Gasteiger partial charge in [0.15, 0.2) is 0 Å². The van der Waals surface area contributed by atoms with Crippen molar-refractivity contribution in [1.82, 2.24) is 4.90 Å². The van der Waals surface area contributed by atoms with E-state index in [2.05, 4.69) is 0 Å². The van der Waals surface area contributed by atoms with Crippen LogP contribution in [0.15, 0.2) is 42.5 Å². The van der Waals surface area contributed by atoms with Crippen LogP contribution in [-0.4, -0.2) is 24.0 Å². The summed E-state index contributed by atoms with van der Waals surface area (Å²) in [7, 11) is 1.14. The Labute approximate surface area is 108 Å². The number of benzene rings is 2. The first-order chi connectivity index (χ1) is 8.88. The van der Waals surface area contributed by atoms with Crippen molar-refractivity contribution in [2.75, 3.05) is 7.05 Å². The number of alkyl halides is 3. The van der Waals surface area contributed by atoms with Gasteiger partial charge in [-0.25, -0.2) is 0 Å². The Morgan fingerprint density at radius 1 is 1.11 bits per heavy atom. The summed E-state index contributed by atoms with van der Waals surface area (Å²) in [5, 5.41) is 1.95. The predicted octanol–water partition coefficient (Wildman–Crippen LogP) is 3.36. The van der Waals surface area contributed by atoms with E-state index in [0.29, 0.717) is 10.5 Å². The molecule has 0 N–H and O–H groups in total. The van der Waals surface area contributed by atoms with E-state index < -0.39 is 12.1 Å². The molecule has 0 aliphatic rings. The van der Waals surface area contributed by atoms with Crippen molar-refractivity contribution in [2.45, 2.75) is 12.7 Å². The zero-order valence-corrected chi connectivity index (χ0v) is 10.2. The van der Waals surface area contributed by atoms with E-state index in [1.54, 1.807) is 12.1 Å². The molecule has 0 fully saturated rings. The lowest BCUT2D eigenvalue weighted by molar-refractivity contribution is -0.184. The fourth-order valence-electron chi connectivity index (χ4n) is 1.90. The normalized spacial score (nSPS) is 11.6. The first-order valence-electron chi connectivity index (χ1n) is 5.68. The number of rotatable bonds is 2. The van der Waals surface area contributed by atoms with Crippen molar-refractivity contribution in [1.29, 1.82) is 0 Å². The molecule has 2 aromatic carbocycles. The van der Waals surface area contributed by atoms with E-state index in [0.717, 1.165) is 17.8 Å². The summed E-state index contributed by atoms with van der Waals surface area (Å²) in [5.74, 6) is -1.83. The minimum absolute atomic E-state index is 0.0663. The Balaban J connectivity index is 2.19. The quantitative estimate of drug-likeness (QED) is 0.817. The van der Waals surface area contributed by atoms with Gasteiger partial charge in [-0.2, -0.15) is 13.2 Å². The topological polar surface area (TPSA) is 20.3 Å². The molecule has 2 nitrogen and oxygen atoms in total. The number of nitrogens with zero attached hydrogens (tertiary/aromatic N) is 1. The summed E-state index contributed by atoms with van der Waals surface area (Å²) >= 11 is 0. The second kappa shape index (κ2) is 4.91. The molecule has 0 saturated heterocycles. The maximum Gasteiger partial charge on any atom is 0.471 e. The van der Waals surface area contributed by atoms with Gasteiger partial charge in [0, 0.05) is 13.6 Å². The Bertz CT molecular complexity index is 607. The molecule has 5 heteroatoms. The number of fused-ring (bicyclic) bond motifs is 1. The third-order valence-corrected chi connectivity index (χ3v) is 2.82. The highest BCUT2D eigenvalue weighted by Crippen LogP contribution is 2.20. The van der Waals surface area contributed by atoms with E-state index in [1.807, 2.05) is 30.3 Å². The van der Waals surface area contributed by atoms with Gasteiger partial charge in [0.1, 0.15) is 0 Å². The summed E-state index contributed by atoms with van der Waals surface area (Å²) in [4.78, 5) is 11.7. The molecule has 19 heavy (non-hydrogen) atoms. The number of carbonyl (C=O) groups excluding carboxylic acids is 1. The lowest BCUT2D eigenvalue weighted by Gasteiger charge is -2.18. The van der Waals surface area contributed by atoms with Crippen molar-refractivity contribution in [3.8, 4) is 0 Å². The van der Waals surface area contributed by atoms with Gasteiger partial charge < -0.3 is 4.90 Å². The number of amides is 1. The standard InChI is InChI=1S/C14H12F3NO/c1-18(13(19)14(15,16)17)9-10-6-7-11-4-2-3-5-12(11)8-10/h2-8H,9H2,1H3. The zero-order valence-electron chi connectivity index (χ0n) is 10.2. The smallest absolute Gasteiger partial charge is 0.334 e. The Morgan fingerprint density at radius 2 is 1.74 bits per heavy atom. The summed E-state index contributed by atoms with van der Waals surface area (Å²) in [6.07, 6.45) is -4.83. The molecule has 0 aliphatic heterocycles. The lowest BCUT2D eigenvalue weighted by atomic mass is 10.1. The summed E-state index contributed by atoms with van der Waals surface area (Å²) < 4.78 is 36.8. The number of hydrogen-bond acceptors (Lipinski definition) is 1. The average molecular weight is 267 g/mol. The van der Waals surface area contributed by atoms with E-state index >= 15 is 0 Å². The molecule has 0 heterocycles. The fourth-order valence-corrected chi connectivity index (χ4v) is 1.90. The van der Waals surface area contributed by atoms with Crippen LogP contribution < -0.4 is 0 Å². The number of hydrogen-bond donors (Lipinski definition) is 0. The van der Waals surface area contributed by atoms with Crippen LogP contribution in [0.25, 0.3) is 10.8 Å². The van der Waals surface area contributed by atoms with Crippen LogP contribution in [0, 0.1) is 0 Å². The van der Waals surface area contributed by atoms with Gasteiger partial charge in [-0.1, -0.05) is 36.4 Å². The molecule has 1 amide bonds. The van der Waals surface area contributed by atoms with E-state index in [4.69, 9.17) is 0 Å². The van der Waals surface area contributed by atoms with Crippen LogP contribution in [0.4, 0.5) is 13.2 Å². The Hall–Kier alpha value is -2.04. The molecule has 0 saturated carbocycles. The van der Waals surface area contributed by atoms with Crippen LogP contribution in [0.3, 0.4) is 0 Å². The van der Waals surface area contributed by atoms with Crippen LogP contribution >= 0.6 is 0 Å². The minimum atomic E-state index is -4.83. The molecular formula is C14H12F3NO. The molecule has 100 valence electrons. The SMILES string of the molecule is CN(Cc1ccc2ccccc2c1)C(=O)C(F)(F)F. The van der Waals surface area contributed by atoms with Crippen molar-refractivity contribution in [3.63, 3.8) is 0 Å². The number of halogens is 3. The largest absolute Gasteiger partial charge is 0.471 e. The molecule has 0 unspecified atom stereocenters. The number of carbonyl (C=O) groups is 1. The Morgan fingerprint density at radius 3 is 2.37 bits per heavy atom. The van der Waals surface area contributed by atoms with Gasteiger partial charge >= 0.3 is 12.1 Å². The highest BCUT2D eigenvalue weighted by molar-refractivity contribution is 5.84. The molecule has 0 radical (unpaired) electrons. The van der Waals surface area contributed by atoms with Crippen LogP contribution in [0.5, 0.6) is 0 Å². The first-order valence-corrected chi connectivity index (χ1v) is 5.68. The zero-order chi connectivity index (χ0) is 14.0. The lowest BCUT2D eigenvalue weighted by Crippen LogP contribution is -2.37. The predicted molar refractivity (Wildman–Crippen MR) is 66.5 cm³/mol. The molecule has 0 aromatic heterocycles. The summed E-state index contributed by atoms with van der Waals surface area (Å²) in [6.45, 7) is -0.0663. The van der Waals surface area contributed by atoms with Crippen molar-refractivity contribution in [2.24, 2.45) is 0 Å². The third-order valence-electron chi connectivity index (χ3n) is 2.82. The van der Waals surface area contributed by atoms with Crippen molar-refractivity contribution >= 4 is 16.7 Å². The maximum absolute atomic E-state index is 12.3. The third kappa shape index (κ3) is 3.05. The van der Waals surface area contributed by atoms with Crippen molar-refractivity contribution in [3.05, 3.63) is 48.0 Å². The highest BCUT2D eigenvalue weighted by atomic mass is 19.4. The van der Waals surface area contributed by atoms with Crippen LogP contribution in [-0.2, 0) is 11.3 Å². The van der Waals surface area contributed by atoms with Gasteiger partial charge in [-0.3, -0.25) is 4.79 Å². The molecular weight excluding hydrogens is 255 g/mol. The van der Waals surface area contributed by atoms with Crippen LogP contribution in [0.2, 0.25) is 0 Å². The van der Waals surface area contributed by atoms with Gasteiger partial charge in [-0.15, -0.1) is 0 Å².